The molecule has 1 aliphatic rings. The van der Waals surface area contributed by atoms with E-state index in [1.165, 1.54) is 11.9 Å². The fourth-order valence-corrected chi connectivity index (χ4v) is 4.48. The normalized spacial score (nSPS) is 14.7. The predicted octanol–water partition coefficient (Wildman–Crippen LogP) is 5.71. The molecular weight excluding hydrogens is 450 g/mol. The lowest BCUT2D eigenvalue weighted by atomic mass is 9.94. The number of aryl methyl sites for hydroxylation is 2. The Labute approximate surface area is 210 Å². The summed E-state index contributed by atoms with van der Waals surface area (Å²) < 4.78 is 7.88. The Balaban J connectivity index is 1.48. The number of fused-ring (bicyclic) bond motifs is 1. The van der Waals surface area contributed by atoms with Crippen LogP contribution < -0.4 is 15.4 Å². The van der Waals surface area contributed by atoms with Crippen LogP contribution in [0.1, 0.15) is 40.8 Å². The fraction of sp³-hybridized carbons (Fsp3) is 0.207. The molecule has 0 aliphatic carbocycles. The maximum atomic E-state index is 13.7. The number of hydrogen-bond donors (Lipinski definition) is 2. The van der Waals surface area contributed by atoms with Crippen molar-refractivity contribution in [3.05, 3.63) is 112 Å². The van der Waals surface area contributed by atoms with Crippen LogP contribution in [0.25, 0.3) is 0 Å². The van der Waals surface area contributed by atoms with Crippen LogP contribution in [0.3, 0.4) is 0 Å². The zero-order chi connectivity index (χ0) is 25.2. The highest BCUT2D eigenvalue weighted by molar-refractivity contribution is 6.06. The first-order valence-corrected chi connectivity index (χ1v) is 11.9. The molecule has 2 heterocycles. The lowest BCUT2D eigenvalue weighted by molar-refractivity contribution is -0.113. The number of rotatable bonds is 6. The van der Waals surface area contributed by atoms with E-state index in [0.717, 1.165) is 39.4 Å². The number of amides is 1. The van der Waals surface area contributed by atoms with Crippen LogP contribution in [0.2, 0.25) is 0 Å². The van der Waals surface area contributed by atoms with Crippen molar-refractivity contribution in [3.63, 3.8) is 0 Å². The zero-order valence-electron chi connectivity index (χ0n) is 20.9. The second-order valence-electron chi connectivity index (χ2n) is 9.08. The Hall–Kier alpha value is -4.39. The van der Waals surface area contributed by atoms with E-state index in [2.05, 4.69) is 39.8 Å². The number of ether oxygens (including phenoxy) is 1. The number of nitrogens with zero attached hydrogens (tertiary/aromatic N) is 3. The first kappa shape index (κ1) is 23.4. The molecule has 0 bridgehead atoms. The van der Waals surface area contributed by atoms with Crippen molar-refractivity contribution >= 4 is 17.5 Å². The Morgan fingerprint density at radius 3 is 2.61 bits per heavy atom. The fourth-order valence-electron chi connectivity index (χ4n) is 4.48. The number of anilines is 2. The summed E-state index contributed by atoms with van der Waals surface area (Å²) in [5.74, 6) is 1.13. The number of allylic oxidation sites excluding steroid dienone is 1. The molecule has 2 N–H and O–H groups in total. The van der Waals surface area contributed by atoms with Crippen molar-refractivity contribution in [1.82, 2.24) is 14.8 Å². The molecule has 0 saturated carbocycles. The average molecular weight is 480 g/mol. The third-order valence-electron chi connectivity index (χ3n) is 6.72. The SMILES string of the molecule is CC1=C(C(=O)Nc2cccc(C)c2C)C(c2cccc(OCc3ccccc3C)c2)n2ncnc2N1. The van der Waals surface area contributed by atoms with E-state index in [9.17, 15) is 4.79 Å². The van der Waals surface area contributed by atoms with Crippen LogP contribution in [-0.4, -0.2) is 20.7 Å². The number of hydrogen-bond acceptors (Lipinski definition) is 5. The Morgan fingerprint density at radius 1 is 1.00 bits per heavy atom. The highest BCUT2D eigenvalue weighted by Gasteiger charge is 2.33. The number of nitrogens with one attached hydrogen (secondary N) is 2. The van der Waals surface area contributed by atoms with Crippen molar-refractivity contribution in [1.29, 1.82) is 0 Å². The summed E-state index contributed by atoms with van der Waals surface area (Å²) in [4.78, 5) is 18.0. The molecule has 1 aliphatic heterocycles. The zero-order valence-corrected chi connectivity index (χ0v) is 20.9. The van der Waals surface area contributed by atoms with Gasteiger partial charge in [0.1, 0.15) is 24.7 Å². The van der Waals surface area contributed by atoms with E-state index in [1.54, 1.807) is 4.68 Å². The molecule has 1 amide bonds. The second kappa shape index (κ2) is 9.70. The number of carbonyl (C=O) groups is 1. The van der Waals surface area contributed by atoms with Gasteiger partial charge in [0.05, 0.1) is 5.57 Å². The Morgan fingerprint density at radius 2 is 1.78 bits per heavy atom. The van der Waals surface area contributed by atoms with Gasteiger partial charge in [0.15, 0.2) is 0 Å². The molecule has 0 radical (unpaired) electrons. The minimum absolute atomic E-state index is 0.189. The van der Waals surface area contributed by atoms with E-state index in [4.69, 9.17) is 4.74 Å². The van der Waals surface area contributed by atoms with Crippen molar-refractivity contribution in [2.24, 2.45) is 0 Å². The van der Waals surface area contributed by atoms with Crippen molar-refractivity contribution in [2.75, 3.05) is 10.6 Å². The molecule has 3 aromatic carbocycles. The van der Waals surface area contributed by atoms with Gasteiger partial charge in [-0.25, -0.2) is 4.68 Å². The van der Waals surface area contributed by atoms with E-state index < -0.39 is 6.04 Å². The molecule has 182 valence electrons. The summed E-state index contributed by atoms with van der Waals surface area (Å²) in [6, 6.07) is 21.4. The minimum atomic E-state index is -0.462. The molecule has 5 rings (SSSR count). The predicted molar refractivity (Wildman–Crippen MR) is 141 cm³/mol. The van der Waals surface area contributed by atoms with E-state index in [-0.39, 0.29) is 5.91 Å². The summed E-state index contributed by atoms with van der Waals surface area (Å²) >= 11 is 0. The van der Waals surface area contributed by atoms with Crippen molar-refractivity contribution < 1.29 is 9.53 Å². The first-order chi connectivity index (χ1) is 17.4. The molecule has 7 heteroatoms. The van der Waals surface area contributed by atoms with Gasteiger partial charge in [-0.15, -0.1) is 0 Å². The molecule has 0 spiro atoms. The van der Waals surface area contributed by atoms with E-state index >= 15 is 0 Å². The summed E-state index contributed by atoms with van der Waals surface area (Å²) in [5.41, 5.74) is 7.46. The maximum Gasteiger partial charge on any atom is 0.255 e. The smallest absolute Gasteiger partial charge is 0.255 e. The molecule has 0 fully saturated rings. The average Bonchev–Trinajstić information content (AvgIpc) is 3.33. The minimum Gasteiger partial charge on any atom is -0.489 e. The van der Waals surface area contributed by atoms with Crippen LogP contribution in [0.5, 0.6) is 5.75 Å². The van der Waals surface area contributed by atoms with E-state index in [0.29, 0.717) is 18.1 Å². The van der Waals surface area contributed by atoms with Crippen LogP contribution in [0.15, 0.2) is 84.3 Å². The molecule has 1 atom stereocenters. The topological polar surface area (TPSA) is 81.1 Å². The van der Waals surface area contributed by atoms with Crippen molar-refractivity contribution in [2.45, 2.75) is 40.3 Å². The van der Waals surface area contributed by atoms with Crippen LogP contribution in [0, 0.1) is 20.8 Å². The summed E-state index contributed by atoms with van der Waals surface area (Å²) in [6.07, 6.45) is 1.49. The third-order valence-corrected chi connectivity index (χ3v) is 6.72. The Bertz CT molecular complexity index is 1470. The van der Waals surface area contributed by atoms with Crippen LogP contribution in [-0.2, 0) is 11.4 Å². The van der Waals surface area contributed by atoms with Gasteiger partial charge >= 0.3 is 0 Å². The van der Waals surface area contributed by atoms with Gasteiger partial charge in [-0.1, -0.05) is 48.5 Å². The summed E-state index contributed by atoms with van der Waals surface area (Å²) in [7, 11) is 0. The molecule has 0 saturated heterocycles. The molecule has 36 heavy (non-hydrogen) atoms. The van der Waals surface area contributed by atoms with Gasteiger partial charge in [0.2, 0.25) is 5.95 Å². The highest BCUT2D eigenvalue weighted by Crippen LogP contribution is 2.36. The highest BCUT2D eigenvalue weighted by atomic mass is 16.5. The maximum absolute atomic E-state index is 13.7. The van der Waals surface area contributed by atoms with Crippen LogP contribution >= 0.6 is 0 Å². The lowest BCUT2D eigenvalue weighted by Crippen LogP contribution is -2.31. The molecule has 7 nitrogen and oxygen atoms in total. The van der Waals surface area contributed by atoms with Gasteiger partial charge in [0, 0.05) is 11.4 Å². The van der Waals surface area contributed by atoms with Gasteiger partial charge in [-0.05, 0) is 73.7 Å². The monoisotopic (exact) mass is 479 g/mol. The number of carbonyl (C=O) groups excluding carboxylic acids is 1. The lowest BCUT2D eigenvalue weighted by Gasteiger charge is -2.29. The molecule has 4 aromatic rings. The largest absolute Gasteiger partial charge is 0.489 e. The summed E-state index contributed by atoms with van der Waals surface area (Å²) in [6.45, 7) is 8.47. The third kappa shape index (κ3) is 4.47. The van der Waals surface area contributed by atoms with Crippen LogP contribution in [0.4, 0.5) is 11.6 Å². The number of benzene rings is 3. The number of aromatic nitrogens is 3. The van der Waals surface area contributed by atoms with Gasteiger partial charge in [-0.3, -0.25) is 4.79 Å². The second-order valence-corrected chi connectivity index (χ2v) is 9.08. The quantitative estimate of drug-likeness (QED) is 0.370. The van der Waals surface area contributed by atoms with E-state index in [1.807, 2.05) is 75.4 Å². The van der Waals surface area contributed by atoms with Crippen molar-refractivity contribution in [3.8, 4) is 5.75 Å². The molecule has 1 aromatic heterocycles. The molecular formula is C29H29N5O2. The summed E-state index contributed by atoms with van der Waals surface area (Å²) in [5, 5.41) is 10.8. The first-order valence-electron chi connectivity index (χ1n) is 11.9. The van der Waals surface area contributed by atoms with Gasteiger partial charge in [-0.2, -0.15) is 10.1 Å². The van der Waals surface area contributed by atoms with Gasteiger partial charge in [0.25, 0.3) is 5.91 Å². The van der Waals surface area contributed by atoms with Gasteiger partial charge < -0.3 is 15.4 Å². The Kier molecular flexibility index (Phi) is 6.29. The molecule has 1 unspecified atom stereocenters. The standard InChI is InChI=1S/C29H29N5O2/c1-18-10-7-14-25(20(18)3)33-28(35)26-21(4)32-29-30-17-31-34(29)27(26)22-12-8-13-24(15-22)36-16-23-11-6-5-9-19(23)2/h5-15,17,27H,16H2,1-4H3,(H,33,35)(H,30,31,32).